The maximum Gasteiger partial charge on any atom is 0.287 e. The van der Waals surface area contributed by atoms with Gasteiger partial charge in [-0.15, -0.1) is 10.0 Å². The lowest BCUT2D eigenvalue weighted by Crippen LogP contribution is -2.30. The average Bonchev–Trinajstić information content (AvgIpc) is 3.02. The van der Waals surface area contributed by atoms with E-state index < -0.39 is 38.6 Å². The molecule has 1 atom stereocenters. The molecular weight excluding hydrogens is 373 g/mol. The van der Waals surface area contributed by atoms with Gasteiger partial charge in [-0.25, -0.2) is 13.2 Å². The molecule has 2 amide bonds. The molecule has 1 heterocycles. The number of aldehydes is 1. The number of carbonyl (C=O) groups excluding carboxylic acids is 3. The van der Waals surface area contributed by atoms with Crippen LogP contribution in [0.25, 0.3) is 0 Å². The topological polar surface area (TPSA) is 75.7 Å². The SMILES string of the molecule is CCOC.CS1(C(=O)Nc2cc(F)c(F)c(F)c2)CCN(C(=O)C=O)C1. The number of benzene rings is 1. The lowest BCUT2D eigenvalue weighted by atomic mass is 10.3. The largest absolute Gasteiger partial charge is 0.385 e. The second kappa shape index (κ2) is 9.58. The van der Waals surface area contributed by atoms with Gasteiger partial charge in [0.25, 0.3) is 11.1 Å². The fourth-order valence-electron chi connectivity index (χ4n) is 2.05. The van der Waals surface area contributed by atoms with E-state index in [1.165, 1.54) is 4.90 Å². The molecule has 0 aromatic heterocycles. The Morgan fingerprint density at radius 3 is 2.31 bits per heavy atom. The lowest BCUT2D eigenvalue weighted by molar-refractivity contribution is -0.137. The first-order chi connectivity index (χ1) is 12.2. The van der Waals surface area contributed by atoms with Crippen LogP contribution in [-0.2, 0) is 14.3 Å². The molecule has 2 rings (SSSR count). The van der Waals surface area contributed by atoms with Gasteiger partial charge in [0.1, 0.15) is 0 Å². The minimum Gasteiger partial charge on any atom is -0.385 e. The third-order valence-corrected chi connectivity index (χ3v) is 6.59. The highest BCUT2D eigenvalue weighted by molar-refractivity contribution is 8.45. The fourth-order valence-corrected chi connectivity index (χ4v) is 4.42. The van der Waals surface area contributed by atoms with Crippen molar-refractivity contribution < 1.29 is 32.3 Å². The number of halogens is 3. The first kappa shape index (κ1) is 22.0. The number of carbonyl (C=O) groups is 3. The first-order valence-corrected chi connectivity index (χ1v) is 9.98. The van der Waals surface area contributed by atoms with Gasteiger partial charge in [0.15, 0.2) is 17.5 Å². The van der Waals surface area contributed by atoms with E-state index in [1.807, 2.05) is 6.92 Å². The number of methoxy groups -OCH3 is 1. The zero-order chi connectivity index (χ0) is 19.9. The predicted octanol–water partition coefficient (Wildman–Crippen LogP) is 2.72. The maximum absolute atomic E-state index is 13.1. The van der Waals surface area contributed by atoms with Crippen molar-refractivity contribution >= 4 is 33.1 Å². The Bertz CT molecular complexity index is 664. The molecule has 10 heteroatoms. The molecule has 1 N–H and O–H groups in total. The smallest absolute Gasteiger partial charge is 0.287 e. The Kier molecular flexibility index (Phi) is 8.09. The highest BCUT2D eigenvalue weighted by Crippen LogP contribution is 2.49. The molecule has 1 fully saturated rings. The summed E-state index contributed by atoms with van der Waals surface area (Å²) in [7, 11) is -0.283. The second-order valence-corrected chi connectivity index (χ2v) is 9.16. The Labute approximate surface area is 151 Å². The van der Waals surface area contributed by atoms with Crippen LogP contribution in [0.1, 0.15) is 6.92 Å². The van der Waals surface area contributed by atoms with E-state index in [0.717, 1.165) is 6.61 Å². The van der Waals surface area contributed by atoms with E-state index in [0.29, 0.717) is 17.9 Å². The molecule has 1 aliphatic heterocycles. The molecule has 1 aromatic rings. The Morgan fingerprint density at radius 1 is 1.31 bits per heavy atom. The average molecular weight is 394 g/mol. The van der Waals surface area contributed by atoms with Crippen molar-refractivity contribution in [2.45, 2.75) is 6.92 Å². The van der Waals surface area contributed by atoms with Crippen LogP contribution in [0.5, 0.6) is 0 Å². The normalized spacial score (nSPS) is 21.2. The predicted molar refractivity (Wildman–Crippen MR) is 93.9 cm³/mol. The van der Waals surface area contributed by atoms with E-state index in [-0.39, 0.29) is 24.4 Å². The van der Waals surface area contributed by atoms with Gasteiger partial charge >= 0.3 is 0 Å². The van der Waals surface area contributed by atoms with Gasteiger partial charge in [-0.1, -0.05) is 0 Å². The summed E-state index contributed by atoms with van der Waals surface area (Å²) in [6.45, 7) is 3.04. The van der Waals surface area contributed by atoms with E-state index >= 15 is 0 Å². The molecule has 6 nitrogen and oxygen atoms in total. The maximum atomic E-state index is 13.1. The molecule has 0 bridgehead atoms. The van der Waals surface area contributed by atoms with Crippen LogP contribution in [0.3, 0.4) is 0 Å². The van der Waals surface area contributed by atoms with Gasteiger partial charge in [0, 0.05) is 43.8 Å². The van der Waals surface area contributed by atoms with Crippen LogP contribution in [0.2, 0.25) is 0 Å². The minimum atomic E-state index is -1.96. The Morgan fingerprint density at radius 2 is 1.85 bits per heavy atom. The van der Waals surface area contributed by atoms with Crippen LogP contribution in [0.4, 0.5) is 23.7 Å². The first-order valence-electron chi connectivity index (χ1n) is 7.60. The molecule has 1 aliphatic rings. The number of rotatable bonds is 3. The van der Waals surface area contributed by atoms with E-state index in [2.05, 4.69) is 10.1 Å². The third-order valence-electron chi connectivity index (χ3n) is 3.63. The lowest BCUT2D eigenvalue weighted by Gasteiger charge is -2.28. The molecule has 0 aliphatic carbocycles. The fraction of sp³-hybridized carbons (Fsp3) is 0.438. The van der Waals surface area contributed by atoms with Crippen LogP contribution in [-0.4, -0.2) is 60.5 Å². The second-order valence-electron chi connectivity index (χ2n) is 5.57. The number of anilines is 1. The monoisotopic (exact) mass is 394 g/mol. The van der Waals surface area contributed by atoms with Gasteiger partial charge in [-0.2, -0.15) is 0 Å². The van der Waals surface area contributed by atoms with Crippen LogP contribution < -0.4 is 5.32 Å². The summed E-state index contributed by atoms with van der Waals surface area (Å²) in [6.07, 6.45) is 1.82. The van der Waals surface area contributed by atoms with Crippen molar-refractivity contribution in [3.63, 3.8) is 0 Å². The number of hydrogen-bond donors (Lipinski definition) is 1. The molecule has 1 saturated heterocycles. The summed E-state index contributed by atoms with van der Waals surface area (Å²) in [5, 5.41) is 1.85. The molecule has 0 saturated carbocycles. The summed E-state index contributed by atoms with van der Waals surface area (Å²) in [6, 6.07) is 1.37. The van der Waals surface area contributed by atoms with Gasteiger partial charge in [-0.3, -0.25) is 14.4 Å². The van der Waals surface area contributed by atoms with Crippen LogP contribution in [0.15, 0.2) is 12.1 Å². The molecule has 0 radical (unpaired) electrons. The molecular formula is C16H21F3N2O4S. The molecule has 1 aromatic carbocycles. The molecule has 1 unspecified atom stereocenters. The van der Waals surface area contributed by atoms with Gasteiger partial charge < -0.3 is 15.0 Å². The number of nitrogens with zero attached hydrogens (tertiary/aromatic N) is 1. The van der Waals surface area contributed by atoms with Crippen molar-refractivity contribution in [3.05, 3.63) is 29.6 Å². The number of hydrogen-bond acceptors (Lipinski definition) is 4. The van der Waals surface area contributed by atoms with E-state index in [9.17, 15) is 27.6 Å². The van der Waals surface area contributed by atoms with Crippen LogP contribution >= 0.6 is 10.0 Å². The zero-order valence-electron chi connectivity index (χ0n) is 14.7. The van der Waals surface area contributed by atoms with E-state index in [1.54, 1.807) is 13.4 Å². The quantitative estimate of drug-likeness (QED) is 0.486. The highest BCUT2D eigenvalue weighted by atomic mass is 32.3. The summed E-state index contributed by atoms with van der Waals surface area (Å²) in [5.41, 5.74) is -0.199. The summed E-state index contributed by atoms with van der Waals surface area (Å²) in [4.78, 5) is 35.3. The van der Waals surface area contributed by atoms with Gasteiger partial charge in [0.2, 0.25) is 6.29 Å². The molecule has 26 heavy (non-hydrogen) atoms. The summed E-state index contributed by atoms with van der Waals surface area (Å²) < 4.78 is 43.7. The summed E-state index contributed by atoms with van der Waals surface area (Å²) >= 11 is 0. The standard InChI is InChI=1S/C13H13F3N2O3S.C3H8O/c1-22(3-2-18(7-22)11(20)6-19)13(21)17-8-4-9(14)12(16)10(15)5-8;1-3-4-2/h4-6H,2-3,7H2,1H3,(H,17,21);3H2,1-2H3. The van der Waals surface area contributed by atoms with Crippen molar-refractivity contribution in [1.82, 2.24) is 4.90 Å². The van der Waals surface area contributed by atoms with Gasteiger partial charge in [0.05, 0.1) is 5.88 Å². The third kappa shape index (κ3) is 5.46. The number of nitrogens with one attached hydrogen (secondary N) is 1. The molecule has 146 valence electrons. The van der Waals surface area contributed by atoms with E-state index in [4.69, 9.17) is 0 Å². The van der Waals surface area contributed by atoms with Crippen molar-refractivity contribution in [2.24, 2.45) is 0 Å². The minimum absolute atomic E-state index is 0.0998. The van der Waals surface area contributed by atoms with Crippen molar-refractivity contribution in [1.29, 1.82) is 0 Å². The summed E-state index contributed by atoms with van der Waals surface area (Å²) in [5.74, 6) is -4.64. The van der Waals surface area contributed by atoms with Crippen molar-refractivity contribution in [3.8, 4) is 0 Å². The Balaban J connectivity index is 0.000000765. The van der Waals surface area contributed by atoms with Gasteiger partial charge in [-0.05, 0) is 13.2 Å². The number of amides is 2. The zero-order valence-corrected chi connectivity index (χ0v) is 15.5. The van der Waals surface area contributed by atoms with Crippen molar-refractivity contribution in [2.75, 3.05) is 43.5 Å². The highest BCUT2D eigenvalue weighted by Gasteiger charge is 2.37. The Hall–Kier alpha value is -2.07. The molecule has 0 spiro atoms. The number of ether oxygens (including phenoxy) is 1. The van der Waals surface area contributed by atoms with Crippen LogP contribution in [0, 0.1) is 17.5 Å².